The minimum atomic E-state index is -2.72. The number of carbonyl (C=O) groups excluding carboxylic acids is 1. The van der Waals surface area contributed by atoms with Gasteiger partial charge in [-0.3, -0.25) is 4.79 Å². The largest absolute Gasteiger partial charge is 0.477 e. The van der Waals surface area contributed by atoms with Crippen molar-refractivity contribution in [3.05, 3.63) is 63.6 Å². The summed E-state index contributed by atoms with van der Waals surface area (Å²) >= 11 is 12.8. The zero-order valence-electron chi connectivity index (χ0n) is 19.5. The number of benzene rings is 2. The van der Waals surface area contributed by atoms with Gasteiger partial charge >= 0.3 is 5.97 Å². The molecule has 7 nitrogen and oxygen atoms in total. The fourth-order valence-corrected chi connectivity index (χ4v) is 4.40. The molecule has 1 unspecified atom stereocenters. The maximum Gasteiger partial charge on any atom is 0.364 e. The number of hydrogen-bond acceptors (Lipinski definition) is 6. The maximum absolute atomic E-state index is 11.9. The molecule has 2 N–H and O–H groups in total. The van der Waals surface area contributed by atoms with Crippen LogP contribution in [0.25, 0.3) is 0 Å². The van der Waals surface area contributed by atoms with Gasteiger partial charge in [-0.25, -0.2) is 4.79 Å². The molecule has 184 valence electrons. The molecule has 2 aromatic carbocycles. The van der Waals surface area contributed by atoms with Crippen molar-refractivity contribution in [2.45, 2.75) is 52.2 Å². The van der Waals surface area contributed by atoms with Crippen molar-refractivity contribution in [1.29, 1.82) is 0 Å². The second-order valence-electron chi connectivity index (χ2n) is 9.67. The van der Waals surface area contributed by atoms with Crippen molar-refractivity contribution < 1.29 is 29.3 Å². The number of nitrogens with zero attached hydrogens (tertiary/aromatic N) is 1. The van der Waals surface area contributed by atoms with Gasteiger partial charge in [0.2, 0.25) is 0 Å². The highest BCUT2D eigenvalue weighted by Crippen LogP contribution is 2.42. The Balaban J connectivity index is 2.15. The van der Waals surface area contributed by atoms with Gasteiger partial charge in [0.25, 0.3) is 5.79 Å². The number of ether oxygens (including phenoxy) is 2. The summed E-state index contributed by atoms with van der Waals surface area (Å²) in [6, 6.07) is 12.6. The van der Waals surface area contributed by atoms with Crippen LogP contribution in [-0.2, 0) is 19.1 Å². The predicted molar refractivity (Wildman–Crippen MR) is 130 cm³/mol. The number of fused-ring (bicyclic) bond motifs is 1. The van der Waals surface area contributed by atoms with Gasteiger partial charge in [0.15, 0.2) is 6.23 Å². The van der Waals surface area contributed by atoms with Gasteiger partial charge in [0, 0.05) is 33.4 Å². The number of anilines is 1. The van der Waals surface area contributed by atoms with Gasteiger partial charge in [0.05, 0.1) is 13.0 Å². The zero-order chi connectivity index (χ0) is 25.3. The van der Waals surface area contributed by atoms with E-state index in [0.29, 0.717) is 27.8 Å². The Labute approximate surface area is 209 Å². The van der Waals surface area contributed by atoms with Crippen LogP contribution in [0.5, 0.6) is 0 Å². The van der Waals surface area contributed by atoms with Crippen LogP contribution in [0, 0.1) is 5.41 Å². The van der Waals surface area contributed by atoms with E-state index in [0.717, 1.165) is 5.56 Å². The third-order valence-corrected chi connectivity index (χ3v) is 5.90. The van der Waals surface area contributed by atoms with Gasteiger partial charge in [-0.1, -0.05) is 62.2 Å². The Kier molecular flexibility index (Phi) is 7.95. The topological polar surface area (TPSA) is 96.3 Å². The molecule has 2 aromatic rings. The molecule has 0 fully saturated rings. The number of aliphatic hydroxyl groups is 1. The number of carboxylic acid groups (broad SMARTS) is 1. The van der Waals surface area contributed by atoms with Crippen LogP contribution in [0.3, 0.4) is 0 Å². The number of ketones is 1. The minimum Gasteiger partial charge on any atom is -0.477 e. The number of carbonyl (C=O) groups is 2. The normalized spacial score (nSPS) is 20.3. The van der Waals surface area contributed by atoms with Crippen molar-refractivity contribution in [3.8, 4) is 0 Å². The minimum absolute atomic E-state index is 0.105. The zero-order valence-corrected chi connectivity index (χ0v) is 21.1. The van der Waals surface area contributed by atoms with E-state index in [-0.39, 0.29) is 12.0 Å². The average Bonchev–Trinajstić information content (AvgIpc) is 2.84. The molecule has 9 heteroatoms. The summed E-state index contributed by atoms with van der Waals surface area (Å²) in [5, 5.41) is 21.4. The molecule has 1 aliphatic heterocycles. The molecule has 34 heavy (non-hydrogen) atoms. The van der Waals surface area contributed by atoms with Gasteiger partial charge in [-0.2, -0.15) is 0 Å². The second kappa shape index (κ2) is 10.2. The molecule has 0 aliphatic carbocycles. The Hall–Kier alpha value is -2.16. The number of rotatable bonds is 7. The Morgan fingerprint density at radius 2 is 1.82 bits per heavy atom. The quantitative estimate of drug-likeness (QED) is 0.503. The van der Waals surface area contributed by atoms with Crippen LogP contribution in [-0.4, -0.2) is 47.1 Å². The Morgan fingerprint density at radius 1 is 1.15 bits per heavy atom. The SMILES string of the molecule is CC(=O)C[C@@](O)(OC1CO[C@H](c2ccccc2Cl)c2cc(Cl)ccc2N1CC(C)(C)C)C(=O)O. The Morgan fingerprint density at radius 3 is 2.41 bits per heavy atom. The molecular weight excluding hydrogens is 481 g/mol. The highest BCUT2D eigenvalue weighted by molar-refractivity contribution is 6.31. The van der Waals surface area contributed by atoms with Gasteiger partial charge < -0.3 is 24.6 Å². The van der Waals surface area contributed by atoms with Crippen LogP contribution in [0.1, 0.15) is 51.3 Å². The summed E-state index contributed by atoms with van der Waals surface area (Å²) in [6.45, 7) is 7.59. The van der Waals surface area contributed by atoms with Crippen LogP contribution < -0.4 is 4.90 Å². The summed E-state index contributed by atoms with van der Waals surface area (Å²) < 4.78 is 12.0. The molecule has 0 radical (unpaired) electrons. The molecule has 0 bridgehead atoms. The average molecular weight is 510 g/mol. The van der Waals surface area contributed by atoms with Crippen molar-refractivity contribution in [2.24, 2.45) is 5.41 Å². The summed E-state index contributed by atoms with van der Waals surface area (Å²) in [4.78, 5) is 25.5. The second-order valence-corrected chi connectivity index (χ2v) is 10.5. The molecule has 3 rings (SSSR count). The van der Waals surface area contributed by atoms with Gasteiger partial charge in [0.1, 0.15) is 11.9 Å². The van der Waals surface area contributed by atoms with Crippen molar-refractivity contribution in [1.82, 2.24) is 0 Å². The lowest BCUT2D eigenvalue weighted by Gasteiger charge is -2.39. The molecule has 0 spiro atoms. The monoisotopic (exact) mass is 509 g/mol. The van der Waals surface area contributed by atoms with E-state index in [1.807, 2.05) is 49.9 Å². The first-order chi connectivity index (χ1) is 15.8. The molecule has 3 atom stereocenters. The smallest absolute Gasteiger partial charge is 0.364 e. The van der Waals surface area contributed by atoms with E-state index in [9.17, 15) is 19.8 Å². The first kappa shape index (κ1) is 26.4. The molecule has 1 aliphatic rings. The predicted octanol–water partition coefficient (Wildman–Crippen LogP) is 5.06. The Bertz CT molecular complexity index is 1070. The molecule has 0 saturated heterocycles. The van der Waals surface area contributed by atoms with E-state index in [1.54, 1.807) is 18.2 Å². The van der Waals surface area contributed by atoms with Crippen LogP contribution >= 0.6 is 23.2 Å². The molecule has 1 heterocycles. The molecule has 0 aromatic heterocycles. The van der Waals surface area contributed by atoms with Crippen molar-refractivity contribution in [3.63, 3.8) is 0 Å². The van der Waals surface area contributed by atoms with Gasteiger partial charge in [-0.05, 0) is 36.6 Å². The lowest BCUT2D eigenvalue weighted by molar-refractivity contribution is -0.246. The van der Waals surface area contributed by atoms with Crippen LogP contribution in [0.4, 0.5) is 5.69 Å². The fourth-order valence-electron chi connectivity index (χ4n) is 3.98. The van der Waals surface area contributed by atoms with E-state index >= 15 is 0 Å². The lowest BCUT2D eigenvalue weighted by atomic mass is 9.94. The molecular formula is C25H29Cl2NO6. The number of aliphatic carboxylic acids is 1. The summed E-state index contributed by atoms with van der Waals surface area (Å²) in [5.41, 5.74) is 1.88. The van der Waals surface area contributed by atoms with Crippen LogP contribution in [0.2, 0.25) is 10.0 Å². The number of hydrogen-bond donors (Lipinski definition) is 2. The van der Waals surface area contributed by atoms with Crippen LogP contribution in [0.15, 0.2) is 42.5 Å². The highest BCUT2D eigenvalue weighted by atomic mass is 35.5. The van der Waals surface area contributed by atoms with Gasteiger partial charge in [-0.15, -0.1) is 0 Å². The first-order valence-electron chi connectivity index (χ1n) is 10.9. The number of carboxylic acids is 1. The van der Waals surface area contributed by atoms with E-state index in [4.69, 9.17) is 32.7 Å². The number of Topliss-reactive ketones (excluding diaryl/α,β-unsaturated/α-hetero) is 1. The maximum atomic E-state index is 11.9. The first-order valence-corrected chi connectivity index (χ1v) is 11.6. The molecule has 0 amide bonds. The summed E-state index contributed by atoms with van der Waals surface area (Å²) in [7, 11) is 0. The third-order valence-electron chi connectivity index (χ3n) is 5.32. The summed E-state index contributed by atoms with van der Waals surface area (Å²) in [6.07, 6.45) is -2.35. The lowest BCUT2D eigenvalue weighted by Crippen LogP contribution is -2.53. The van der Waals surface area contributed by atoms with E-state index in [1.165, 1.54) is 6.92 Å². The highest BCUT2D eigenvalue weighted by Gasteiger charge is 2.45. The third kappa shape index (κ3) is 6.09. The van der Waals surface area contributed by atoms with Crippen molar-refractivity contribution >= 4 is 40.6 Å². The standard InChI is InChI=1S/C25H29Cl2NO6/c1-15(29)12-25(32,23(30)31)34-21-13-33-22(17-7-5-6-8-19(17)27)18-11-16(26)9-10-20(18)28(21)14-24(2,3)4/h5-11,21-22,32H,12-14H2,1-4H3,(H,30,31)/t21?,22-,25-/m1/s1. The summed E-state index contributed by atoms with van der Waals surface area (Å²) in [5.74, 6) is -4.89. The van der Waals surface area contributed by atoms with E-state index < -0.39 is 36.3 Å². The fraction of sp³-hybridized carbons (Fsp3) is 0.440. The molecule has 0 saturated carbocycles. The van der Waals surface area contributed by atoms with Crippen molar-refractivity contribution in [2.75, 3.05) is 18.1 Å². The number of halogens is 2. The van der Waals surface area contributed by atoms with E-state index in [2.05, 4.69) is 0 Å².